The number of fused-ring (bicyclic) bond motifs is 6. The fourth-order valence-corrected chi connectivity index (χ4v) is 12.6. The normalized spacial score (nSPS) is 43.4. The van der Waals surface area contributed by atoms with Gasteiger partial charge in [0.15, 0.2) is 0 Å². The molecule has 6 aliphatic carbocycles. The molecule has 1 amide bonds. The van der Waals surface area contributed by atoms with E-state index in [9.17, 15) is 14.4 Å². The number of carbonyl (C=O) groups is 3. The highest BCUT2D eigenvalue weighted by atomic mass is 16.6. The summed E-state index contributed by atoms with van der Waals surface area (Å²) in [5.41, 5.74) is 2.33. The molecule has 0 aromatic carbocycles. The number of alkyl carbamates (subject to hydrolysis) is 1. The Kier molecular flexibility index (Phi) is 7.93. The van der Waals surface area contributed by atoms with E-state index in [1.54, 1.807) is 6.92 Å². The van der Waals surface area contributed by atoms with Gasteiger partial charge >= 0.3 is 12.1 Å². The van der Waals surface area contributed by atoms with Gasteiger partial charge in [-0.25, -0.2) is 4.79 Å². The van der Waals surface area contributed by atoms with E-state index in [0.717, 1.165) is 77.0 Å². The van der Waals surface area contributed by atoms with Gasteiger partial charge in [0, 0.05) is 24.7 Å². The molecule has 44 heavy (non-hydrogen) atoms. The Hall–Kier alpha value is -1.85. The molecule has 0 aliphatic heterocycles. The van der Waals surface area contributed by atoms with E-state index in [0.29, 0.717) is 24.0 Å². The van der Waals surface area contributed by atoms with Crippen LogP contribution >= 0.6 is 0 Å². The lowest BCUT2D eigenvalue weighted by Gasteiger charge is -2.70. The van der Waals surface area contributed by atoms with Gasteiger partial charge in [-0.15, -0.1) is 0 Å². The predicted molar refractivity (Wildman–Crippen MR) is 172 cm³/mol. The number of esters is 1. The van der Waals surface area contributed by atoms with Crippen LogP contribution in [0, 0.1) is 45.3 Å². The maximum atomic E-state index is 13.9. The Morgan fingerprint density at radius 3 is 2.20 bits per heavy atom. The molecule has 1 N–H and O–H groups in total. The van der Waals surface area contributed by atoms with Crippen molar-refractivity contribution in [3.63, 3.8) is 0 Å². The van der Waals surface area contributed by atoms with Crippen LogP contribution in [0.25, 0.3) is 0 Å². The van der Waals surface area contributed by atoms with Crippen molar-refractivity contribution in [1.29, 1.82) is 0 Å². The first-order valence-corrected chi connectivity index (χ1v) is 18.0. The molecule has 0 aromatic heterocycles. The van der Waals surface area contributed by atoms with Gasteiger partial charge in [-0.3, -0.25) is 9.59 Å². The SMILES string of the molecule is CC(=O)O[C@H]1CC[C@@]2(C)C(CC[C@]3(C)C2CCC2=C4C(C(C)C)C(=O)C[C@]4(NC(=O)OC4CCCCC4)CC[C@]23C)C1(C)C. The Morgan fingerprint density at radius 2 is 1.55 bits per heavy atom. The highest BCUT2D eigenvalue weighted by molar-refractivity contribution is 5.92. The van der Waals surface area contributed by atoms with Crippen LogP contribution < -0.4 is 5.32 Å². The van der Waals surface area contributed by atoms with Crippen LogP contribution in [0.5, 0.6) is 0 Å². The highest BCUT2D eigenvalue weighted by Gasteiger charge is 2.69. The van der Waals surface area contributed by atoms with E-state index < -0.39 is 5.54 Å². The van der Waals surface area contributed by atoms with Gasteiger partial charge in [-0.2, -0.15) is 0 Å². The lowest BCUT2D eigenvalue weighted by Crippen LogP contribution is -2.65. The van der Waals surface area contributed by atoms with Crippen LogP contribution in [-0.2, 0) is 19.1 Å². The van der Waals surface area contributed by atoms with Gasteiger partial charge in [-0.1, -0.05) is 60.5 Å². The lowest BCUT2D eigenvalue weighted by molar-refractivity contribution is -0.212. The second-order valence-corrected chi connectivity index (χ2v) is 17.5. The van der Waals surface area contributed by atoms with Gasteiger partial charge in [-0.05, 0) is 117 Å². The number of Topliss-reactive ketones (excluding diaryl/α,β-unsaturated/α-hetero) is 1. The highest BCUT2D eigenvalue weighted by Crippen LogP contribution is 2.75. The van der Waals surface area contributed by atoms with Crippen LogP contribution in [0.2, 0.25) is 0 Å². The summed E-state index contributed by atoms with van der Waals surface area (Å²) in [7, 11) is 0. The monoisotopic (exact) mass is 609 g/mol. The summed E-state index contributed by atoms with van der Waals surface area (Å²) >= 11 is 0. The van der Waals surface area contributed by atoms with Crippen molar-refractivity contribution in [3.05, 3.63) is 11.1 Å². The van der Waals surface area contributed by atoms with Crippen molar-refractivity contribution in [1.82, 2.24) is 5.32 Å². The quantitative estimate of drug-likeness (QED) is 0.255. The summed E-state index contributed by atoms with van der Waals surface area (Å²) in [6.07, 6.45) is 13.6. The van der Waals surface area contributed by atoms with Crippen LogP contribution in [0.3, 0.4) is 0 Å². The summed E-state index contributed by atoms with van der Waals surface area (Å²) in [5.74, 6) is 1.25. The first-order chi connectivity index (χ1) is 20.6. The molecule has 6 rings (SSSR count). The molecular formula is C38H59NO5. The van der Waals surface area contributed by atoms with Gasteiger partial charge in [0.25, 0.3) is 0 Å². The smallest absolute Gasteiger partial charge is 0.408 e. The topological polar surface area (TPSA) is 81.7 Å². The second-order valence-electron chi connectivity index (χ2n) is 17.5. The number of nitrogens with one attached hydrogen (secondary N) is 1. The molecule has 3 unspecified atom stereocenters. The zero-order chi connectivity index (χ0) is 31.9. The maximum Gasteiger partial charge on any atom is 0.408 e. The molecule has 6 heteroatoms. The number of hydrogen-bond acceptors (Lipinski definition) is 5. The van der Waals surface area contributed by atoms with E-state index in [-0.39, 0.29) is 57.8 Å². The molecule has 0 aromatic rings. The van der Waals surface area contributed by atoms with E-state index in [1.165, 1.54) is 17.6 Å². The average Bonchev–Trinajstić information content (AvgIpc) is 3.22. The Balaban J connectivity index is 1.36. The first-order valence-electron chi connectivity index (χ1n) is 18.0. The van der Waals surface area contributed by atoms with Crippen molar-refractivity contribution < 1.29 is 23.9 Å². The van der Waals surface area contributed by atoms with Gasteiger partial charge in [0.1, 0.15) is 18.0 Å². The Labute approximate surface area is 266 Å². The second kappa shape index (κ2) is 10.9. The summed E-state index contributed by atoms with van der Waals surface area (Å²) in [5, 5.41) is 3.39. The average molecular weight is 610 g/mol. The van der Waals surface area contributed by atoms with E-state index >= 15 is 0 Å². The summed E-state index contributed by atoms with van der Waals surface area (Å²) in [6.45, 7) is 18.2. The molecule has 0 spiro atoms. The zero-order valence-electron chi connectivity index (χ0n) is 28.9. The molecule has 0 heterocycles. The standard InChI is InChI=1S/C38H59NO5/c1-23(2)31-27(41)22-38(39-33(42)44-25-12-10-9-11-13-25)21-20-36(7)26(32(31)38)14-15-29-35(6)18-17-30(43-24(3)40)34(4,5)28(35)16-19-37(29,36)8/h23,25,28-31H,9-22H2,1-8H3,(H,39,42)/t28?,29?,30-,31?,35-,36+,37+,38+/m0/s1. The van der Waals surface area contributed by atoms with Crippen molar-refractivity contribution in [2.45, 2.75) is 163 Å². The first kappa shape index (κ1) is 32.1. The Morgan fingerprint density at radius 1 is 0.841 bits per heavy atom. The summed E-state index contributed by atoms with van der Waals surface area (Å²) in [4.78, 5) is 39.4. The van der Waals surface area contributed by atoms with Crippen LogP contribution in [0.4, 0.5) is 4.79 Å². The molecule has 0 saturated heterocycles. The van der Waals surface area contributed by atoms with E-state index in [2.05, 4.69) is 53.8 Å². The van der Waals surface area contributed by atoms with Crippen LogP contribution in [0.15, 0.2) is 11.1 Å². The summed E-state index contributed by atoms with van der Waals surface area (Å²) < 4.78 is 11.9. The maximum absolute atomic E-state index is 13.9. The van der Waals surface area contributed by atoms with Crippen molar-refractivity contribution in [3.8, 4) is 0 Å². The van der Waals surface area contributed by atoms with Crippen molar-refractivity contribution in [2.75, 3.05) is 0 Å². The van der Waals surface area contributed by atoms with E-state index in [1.807, 2.05) is 0 Å². The fraction of sp³-hybridized carbons (Fsp3) is 0.868. The molecule has 6 aliphatic rings. The number of hydrogen-bond donors (Lipinski definition) is 1. The molecule has 5 saturated carbocycles. The van der Waals surface area contributed by atoms with Crippen LogP contribution in [0.1, 0.15) is 145 Å². The number of ether oxygens (including phenoxy) is 2. The molecule has 0 radical (unpaired) electrons. The molecular weight excluding hydrogens is 550 g/mol. The minimum absolute atomic E-state index is 0.00595. The third kappa shape index (κ3) is 4.64. The predicted octanol–water partition coefficient (Wildman–Crippen LogP) is 8.71. The molecule has 8 atom stereocenters. The minimum atomic E-state index is -0.610. The van der Waals surface area contributed by atoms with Gasteiger partial charge in [0.2, 0.25) is 0 Å². The van der Waals surface area contributed by atoms with Gasteiger partial charge in [0.05, 0.1) is 5.54 Å². The molecule has 6 nitrogen and oxygen atoms in total. The number of rotatable bonds is 4. The molecule has 5 fully saturated rings. The molecule has 246 valence electrons. The fourth-order valence-electron chi connectivity index (χ4n) is 12.6. The Bertz CT molecular complexity index is 1230. The van der Waals surface area contributed by atoms with Crippen molar-refractivity contribution in [2.24, 2.45) is 45.3 Å². The summed E-state index contributed by atoms with van der Waals surface area (Å²) in [6, 6.07) is 0. The van der Waals surface area contributed by atoms with Crippen molar-refractivity contribution >= 4 is 17.8 Å². The zero-order valence-corrected chi connectivity index (χ0v) is 28.9. The number of carbonyl (C=O) groups excluding carboxylic acids is 3. The minimum Gasteiger partial charge on any atom is -0.462 e. The van der Waals surface area contributed by atoms with Crippen LogP contribution in [-0.4, -0.2) is 35.6 Å². The van der Waals surface area contributed by atoms with Gasteiger partial charge < -0.3 is 14.8 Å². The largest absolute Gasteiger partial charge is 0.462 e. The molecule has 0 bridgehead atoms. The number of amides is 1. The third-order valence-corrected chi connectivity index (χ3v) is 14.8. The van der Waals surface area contributed by atoms with E-state index in [4.69, 9.17) is 9.47 Å². The lowest BCUT2D eigenvalue weighted by atomic mass is 9.34. The third-order valence-electron chi connectivity index (χ3n) is 14.8. The number of allylic oxidation sites excluding steroid dienone is 1. The number of ketones is 1.